The number of allylic oxidation sites excluding steroid dienone is 2. The number of nitrogens with zero attached hydrogens (tertiary/aromatic N) is 1. The van der Waals surface area contributed by atoms with Gasteiger partial charge < -0.3 is 14.7 Å². The second-order valence-corrected chi connectivity index (χ2v) is 8.56. The molecule has 31 heavy (non-hydrogen) atoms. The molecule has 0 amide bonds. The highest BCUT2D eigenvalue weighted by Gasteiger charge is 2.27. The molecule has 0 radical (unpaired) electrons. The van der Waals surface area contributed by atoms with Crippen LogP contribution in [0.5, 0.6) is 5.75 Å². The number of benzene rings is 2. The lowest BCUT2D eigenvalue weighted by Gasteiger charge is -2.33. The molecular weight excluding hydrogens is 413 g/mol. The van der Waals surface area contributed by atoms with Crippen LogP contribution in [0.2, 0.25) is 0 Å². The van der Waals surface area contributed by atoms with Crippen LogP contribution in [-0.4, -0.2) is 40.8 Å². The molecule has 164 valence electrons. The quantitative estimate of drug-likeness (QED) is 0.480. The van der Waals surface area contributed by atoms with E-state index in [-0.39, 0.29) is 11.2 Å². The number of aliphatic carboxylic acids is 1. The summed E-state index contributed by atoms with van der Waals surface area (Å²) in [4.78, 5) is 13.9. The summed E-state index contributed by atoms with van der Waals surface area (Å²) in [6.45, 7) is 0.759. The van der Waals surface area contributed by atoms with E-state index < -0.39 is 5.97 Å². The lowest BCUT2D eigenvalue weighted by Crippen LogP contribution is -2.35. The van der Waals surface area contributed by atoms with E-state index in [4.69, 9.17) is 4.74 Å². The van der Waals surface area contributed by atoms with Crippen molar-refractivity contribution in [2.75, 3.05) is 19.4 Å². The van der Waals surface area contributed by atoms with Crippen molar-refractivity contribution in [2.24, 2.45) is 0 Å². The lowest BCUT2D eigenvalue weighted by molar-refractivity contribution is -0.133. The average Bonchev–Trinajstić information content (AvgIpc) is 2.78. The monoisotopic (exact) mass is 441 g/mol. The van der Waals surface area contributed by atoms with Crippen LogP contribution in [-0.2, 0) is 17.6 Å². The molecule has 0 spiro atoms. The summed E-state index contributed by atoms with van der Waals surface area (Å²) in [7, 11) is 1.68. The van der Waals surface area contributed by atoms with Gasteiger partial charge in [0.2, 0.25) is 0 Å². The third-order valence-electron chi connectivity index (χ3n) is 5.22. The fraction of sp³-hybridized carbons (Fsp3) is 0.320. The molecule has 0 bridgehead atoms. The number of halogens is 1. The van der Waals surface area contributed by atoms with Crippen molar-refractivity contribution in [1.29, 1.82) is 0 Å². The van der Waals surface area contributed by atoms with E-state index in [1.54, 1.807) is 37.1 Å². The second-order valence-electron chi connectivity index (χ2n) is 7.38. The minimum absolute atomic E-state index is 0.214. The molecule has 0 saturated carbocycles. The van der Waals surface area contributed by atoms with E-state index in [2.05, 4.69) is 11.0 Å². The van der Waals surface area contributed by atoms with E-state index >= 15 is 0 Å². The third-order valence-corrected chi connectivity index (χ3v) is 6.59. The summed E-state index contributed by atoms with van der Waals surface area (Å²) in [5.74, 6) is 0.598. The Labute approximate surface area is 187 Å². The molecule has 1 unspecified atom stereocenters. The van der Waals surface area contributed by atoms with E-state index in [0.29, 0.717) is 5.57 Å². The van der Waals surface area contributed by atoms with Crippen molar-refractivity contribution in [2.45, 2.75) is 31.1 Å². The Morgan fingerprint density at radius 3 is 2.65 bits per heavy atom. The Morgan fingerprint density at radius 1 is 1.13 bits per heavy atom. The zero-order valence-corrected chi connectivity index (χ0v) is 18.5. The van der Waals surface area contributed by atoms with Gasteiger partial charge in [0.15, 0.2) is 0 Å². The van der Waals surface area contributed by atoms with Gasteiger partial charge in [-0.2, -0.15) is 0 Å². The third kappa shape index (κ3) is 6.62. The Morgan fingerprint density at radius 2 is 1.90 bits per heavy atom. The summed E-state index contributed by atoms with van der Waals surface area (Å²) in [5, 5.41) is 9.45. The standard InChI is InChI=1S/C25H28FNO3S/c1-30-23-11-3-2-8-20(23)9-4-16-27-17-5-10-22(25(28)29)24(27)31-18-6-7-19-12-14-21(26)15-13-19/h2-3,5,8,10-15,17,24H,4,6-7,9,16,18H2,1H3,(H,28,29). The van der Waals surface area contributed by atoms with Crippen molar-refractivity contribution >= 4 is 17.7 Å². The molecule has 1 aliphatic rings. The highest BCUT2D eigenvalue weighted by Crippen LogP contribution is 2.29. The van der Waals surface area contributed by atoms with Gasteiger partial charge in [-0.1, -0.05) is 30.3 Å². The van der Waals surface area contributed by atoms with Gasteiger partial charge in [0.1, 0.15) is 16.9 Å². The number of thioether (sulfide) groups is 1. The second kappa shape index (κ2) is 11.6. The minimum atomic E-state index is -0.880. The number of methoxy groups -OCH3 is 1. The maximum absolute atomic E-state index is 13.0. The molecule has 0 saturated heterocycles. The van der Waals surface area contributed by atoms with Crippen LogP contribution >= 0.6 is 11.8 Å². The number of rotatable bonds is 11. The molecule has 3 rings (SSSR count). The highest BCUT2D eigenvalue weighted by molar-refractivity contribution is 8.00. The molecule has 2 aromatic rings. The van der Waals surface area contributed by atoms with Crippen LogP contribution in [0.4, 0.5) is 4.39 Å². The molecule has 4 nitrogen and oxygen atoms in total. The first-order valence-corrected chi connectivity index (χ1v) is 11.5. The maximum atomic E-state index is 13.0. The predicted octanol–water partition coefficient (Wildman–Crippen LogP) is 5.30. The SMILES string of the molecule is COc1ccccc1CCCN1C=CC=C(C(=O)O)C1SCCCc1ccc(F)cc1. The Balaban J connectivity index is 1.55. The van der Waals surface area contributed by atoms with Crippen LogP contribution in [0.25, 0.3) is 0 Å². The number of aryl methyl sites for hydroxylation is 2. The highest BCUT2D eigenvalue weighted by atomic mass is 32.2. The van der Waals surface area contributed by atoms with Crippen LogP contribution in [0.3, 0.4) is 0 Å². The number of ether oxygens (including phenoxy) is 1. The summed E-state index contributed by atoms with van der Waals surface area (Å²) in [6, 6.07) is 14.5. The van der Waals surface area contributed by atoms with Crippen LogP contribution < -0.4 is 4.74 Å². The van der Waals surface area contributed by atoms with Crippen molar-refractivity contribution in [3.8, 4) is 5.75 Å². The summed E-state index contributed by atoms with van der Waals surface area (Å²) in [5.41, 5.74) is 2.66. The first kappa shape index (κ1) is 22.9. The van der Waals surface area contributed by atoms with Gasteiger partial charge in [0, 0.05) is 12.7 Å². The predicted molar refractivity (Wildman–Crippen MR) is 124 cm³/mol. The summed E-state index contributed by atoms with van der Waals surface area (Å²) >= 11 is 1.65. The van der Waals surface area contributed by atoms with E-state index in [1.807, 2.05) is 30.5 Å². The first-order chi connectivity index (χ1) is 15.1. The van der Waals surface area contributed by atoms with Crippen molar-refractivity contribution in [3.63, 3.8) is 0 Å². The van der Waals surface area contributed by atoms with Crippen LogP contribution in [0.15, 0.2) is 72.5 Å². The molecule has 6 heteroatoms. The molecule has 1 N–H and O–H groups in total. The molecule has 2 aromatic carbocycles. The Hall–Kier alpha value is -2.73. The first-order valence-electron chi connectivity index (χ1n) is 10.4. The van der Waals surface area contributed by atoms with E-state index in [9.17, 15) is 14.3 Å². The van der Waals surface area contributed by atoms with Crippen molar-refractivity contribution in [3.05, 3.63) is 89.4 Å². The van der Waals surface area contributed by atoms with E-state index in [1.165, 1.54) is 12.1 Å². The lowest BCUT2D eigenvalue weighted by atomic mass is 10.1. The van der Waals surface area contributed by atoms with Crippen molar-refractivity contribution in [1.82, 2.24) is 4.90 Å². The Kier molecular flexibility index (Phi) is 8.59. The fourth-order valence-electron chi connectivity index (χ4n) is 3.63. The van der Waals surface area contributed by atoms with Gasteiger partial charge in [-0.3, -0.25) is 0 Å². The normalized spacial score (nSPS) is 15.6. The smallest absolute Gasteiger partial charge is 0.334 e. The summed E-state index contributed by atoms with van der Waals surface area (Å²) < 4.78 is 18.5. The number of carbonyl (C=O) groups is 1. The zero-order chi connectivity index (χ0) is 22.1. The van der Waals surface area contributed by atoms with Gasteiger partial charge in [-0.25, -0.2) is 9.18 Å². The molecular formula is C25H28FNO3S. The molecule has 0 fully saturated rings. The van der Waals surface area contributed by atoms with E-state index in [0.717, 1.165) is 54.9 Å². The average molecular weight is 442 g/mol. The summed E-state index contributed by atoms with van der Waals surface area (Å²) in [6.07, 6.45) is 8.98. The minimum Gasteiger partial charge on any atom is -0.496 e. The molecule has 1 heterocycles. The van der Waals surface area contributed by atoms with Gasteiger partial charge in [0.05, 0.1) is 12.7 Å². The number of carboxylic acids is 1. The number of hydrogen-bond donors (Lipinski definition) is 1. The maximum Gasteiger partial charge on any atom is 0.334 e. The molecule has 1 atom stereocenters. The fourth-order valence-corrected chi connectivity index (χ4v) is 4.89. The molecule has 0 aliphatic carbocycles. The van der Waals surface area contributed by atoms with Gasteiger partial charge >= 0.3 is 5.97 Å². The van der Waals surface area contributed by atoms with Gasteiger partial charge in [-0.15, -0.1) is 11.8 Å². The van der Waals surface area contributed by atoms with Crippen molar-refractivity contribution < 1.29 is 19.0 Å². The Bertz CT molecular complexity index is 927. The largest absolute Gasteiger partial charge is 0.496 e. The van der Waals surface area contributed by atoms with Crippen LogP contribution in [0.1, 0.15) is 24.0 Å². The molecule has 1 aliphatic heterocycles. The van der Waals surface area contributed by atoms with Gasteiger partial charge in [0.25, 0.3) is 0 Å². The number of hydrogen-bond acceptors (Lipinski definition) is 4. The zero-order valence-electron chi connectivity index (χ0n) is 17.7. The topological polar surface area (TPSA) is 49.8 Å². The number of carboxylic acid groups (broad SMARTS) is 1. The van der Waals surface area contributed by atoms with Crippen LogP contribution in [0, 0.1) is 5.82 Å². The van der Waals surface area contributed by atoms with Gasteiger partial charge in [-0.05, 0) is 72.9 Å². The molecule has 0 aromatic heterocycles. The number of para-hydroxylation sites is 1.